The fourth-order valence-electron chi connectivity index (χ4n) is 1.50. The Morgan fingerprint density at radius 1 is 1.53 bits per heavy atom. The van der Waals surface area contributed by atoms with Gasteiger partial charge in [0, 0.05) is 12.2 Å². The second kappa shape index (κ2) is 3.62. The van der Waals surface area contributed by atoms with Crippen molar-refractivity contribution in [3.8, 4) is 0 Å². The molecule has 80 valence electrons. The Bertz CT molecular complexity index is 388. The van der Waals surface area contributed by atoms with Gasteiger partial charge in [0.15, 0.2) is 0 Å². The molecule has 0 atom stereocenters. The van der Waals surface area contributed by atoms with Crippen molar-refractivity contribution in [3.63, 3.8) is 0 Å². The molecule has 1 fully saturated rings. The highest BCUT2D eigenvalue weighted by molar-refractivity contribution is 5.97. The summed E-state index contributed by atoms with van der Waals surface area (Å²) >= 11 is 0. The smallest absolute Gasteiger partial charge is 0.231 e. The number of carbonyl (C=O) groups is 1. The lowest BCUT2D eigenvalue weighted by Gasteiger charge is -2.12. The van der Waals surface area contributed by atoms with Gasteiger partial charge in [0.05, 0.1) is 5.41 Å². The van der Waals surface area contributed by atoms with E-state index in [-0.39, 0.29) is 11.7 Å². The van der Waals surface area contributed by atoms with E-state index in [1.807, 2.05) is 0 Å². The Morgan fingerprint density at radius 2 is 2.27 bits per heavy atom. The summed E-state index contributed by atoms with van der Waals surface area (Å²) in [5.74, 6) is -0.457. The van der Waals surface area contributed by atoms with Crippen LogP contribution in [0.25, 0.3) is 0 Å². The number of carbonyl (C=O) groups excluding carboxylic acids is 1. The summed E-state index contributed by atoms with van der Waals surface area (Å²) < 4.78 is 12.8. The first-order chi connectivity index (χ1) is 7.16. The predicted molar refractivity (Wildman–Crippen MR) is 55.8 cm³/mol. The summed E-state index contributed by atoms with van der Waals surface area (Å²) in [6.45, 7) is 0.355. The summed E-state index contributed by atoms with van der Waals surface area (Å²) in [7, 11) is 0. The molecule has 0 radical (unpaired) electrons. The van der Waals surface area contributed by atoms with Crippen LogP contribution in [0.1, 0.15) is 12.8 Å². The molecule has 1 aliphatic carbocycles. The Hall–Kier alpha value is -1.42. The van der Waals surface area contributed by atoms with Gasteiger partial charge in [0.25, 0.3) is 0 Å². The molecule has 4 heteroatoms. The van der Waals surface area contributed by atoms with Crippen molar-refractivity contribution in [2.75, 3.05) is 11.9 Å². The molecule has 15 heavy (non-hydrogen) atoms. The van der Waals surface area contributed by atoms with Crippen LogP contribution in [-0.2, 0) is 4.79 Å². The Labute approximate surface area is 87.5 Å². The van der Waals surface area contributed by atoms with E-state index < -0.39 is 5.41 Å². The largest absolute Gasteiger partial charge is 0.329 e. The lowest BCUT2D eigenvalue weighted by atomic mass is 10.1. The number of halogens is 1. The third-order valence-corrected chi connectivity index (χ3v) is 2.81. The molecule has 2 rings (SSSR count). The zero-order valence-electron chi connectivity index (χ0n) is 8.29. The Morgan fingerprint density at radius 3 is 2.80 bits per heavy atom. The molecule has 1 aromatic carbocycles. The summed E-state index contributed by atoms with van der Waals surface area (Å²) in [6.07, 6.45) is 1.65. The summed E-state index contributed by atoms with van der Waals surface area (Å²) in [5, 5.41) is 2.68. The van der Waals surface area contributed by atoms with Crippen molar-refractivity contribution < 1.29 is 9.18 Å². The quantitative estimate of drug-likeness (QED) is 0.791. The lowest BCUT2D eigenvalue weighted by molar-refractivity contribution is -0.120. The minimum absolute atomic E-state index is 0.101. The SMILES string of the molecule is NCC1(C(=O)Nc2cccc(F)c2)CC1. The van der Waals surface area contributed by atoms with Gasteiger partial charge in [-0.2, -0.15) is 0 Å². The van der Waals surface area contributed by atoms with Crippen LogP contribution < -0.4 is 11.1 Å². The van der Waals surface area contributed by atoms with E-state index in [0.717, 1.165) is 12.8 Å². The Balaban J connectivity index is 2.06. The maximum Gasteiger partial charge on any atom is 0.231 e. The van der Waals surface area contributed by atoms with E-state index in [1.54, 1.807) is 12.1 Å². The van der Waals surface area contributed by atoms with Crippen LogP contribution in [-0.4, -0.2) is 12.5 Å². The highest BCUT2D eigenvalue weighted by atomic mass is 19.1. The van der Waals surface area contributed by atoms with Gasteiger partial charge >= 0.3 is 0 Å². The topological polar surface area (TPSA) is 55.1 Å². The van der Waals surface area contributed by atoms with Gasteiger partial charge in [-0.25, -0.2) is 4.39 Å². The molecule has 0 saturated heterocycles. The highest BCUT2D eigenvalue weighted by Crippen LogP contribution is 2.45. The molecule has 0 spiro atoms. The molecule has 0 bridgehead atoms. The predicted octanol–water partition coefficient (Wildman–Crippen LogP) is 1.50. The molecular weight excluding hydrogens is 195 g/mol. The van der Waals surface area contributed by atoms with E-state index in [4.69, 9.17) is 5.73 Å². The van der Waals surface area contributed by atoms with E-state index in [1.165, 1.54) is 12.1 Å². The second-order valence-corrected chi connectivity index (χ2v) is 3.95. The fraction of sp³-hybridized carbons (Fsp3) is 0.364. The minimum Gasteiger partial charge on any atom is -0.329 e. The molecule has 1 aliphatic rings. The van der Waals surface area contributed by atoms with Crippen LogP contribution in [0.2, 0.25) is 0 Å². The van der Waals surface area contributed by atoms with E-state index in [0.29, 0.717) is 12.2 Å². The molecule has 0 aliphatic heterocycles. The number of nitrogens with two attached hydrogens (primary N) is 1. The molecule has 3 nitrogen and oxygen atoms in total. The number of nitrogens with one attached hydrogen (secondary N) is 1. The molecular formula is C11H13FN2O. The first-order valence-electron chi connectivity index (χ1n) is 4.93. The van der Waals surface area contributed by atoms with Gasteiger partial charge in [-0.05, 0) is 31.0 Å². The fourth-order valence-corrected chi connectivity index (χ4v) is 1.50. The zero-order valence-corrected chi connectivity index (χ0v) is 8.29. The van der Waals surface area contributed by atoms with Gasteiger partial charge in [0.2, 0.25) is 5.91 Å². The van der Waals surface area contributed by atoms with Crippen LogP contribution in [0.4, 0.5) is 10.1 Å². The summed E-state index contributed by atoms with van der Waals surface area (Å²) in [6, 6.07) is 5.86. The van der Waals surface area contributed by atoms with Gasteiger partial charge in [-0.15, -0.1) is 0 Å². The first kappa shape index (κ1) is 10.1. The van der Waals surface area contributed by atoms with Crippen molar-refractivity contribution in [1.82, 2.24) is 0 Å². The molecule has 0 unspecified atom stereocenters. The summed E-state index contributed by atoms with van der Waals surface area (Å²) in [5.41, 5.74) is 5.61. The van der Waals surface area contributed by atoms with Crippen LogP contribution in [0.15, 0.2) is 24.3 Å². The average molecular weight is 208 g/mol. The second-order valence-electron chi connectivity index (χ2n) is 3.95. The first-order valence-corrected chi connectivity index (χ1v) is 4.93. The number of amides is 1. The molecule has 1 aromatic rings. The average Bonchev–Trinajstić information content (AvgIpc) is 2.98. The Kier molecular flexibility index (Phi) is 2.44. The molecule has 3 N–H and O–H groups in total. The van der Waals surface area contributed by atoms with Crippen molar-refractivity contribution >= 4 is 11.6 Å². The van der Waals surface area contributed by atoms with E-state index in [2.05, 4.69) is 5.32 Å². The van der Waals surface area contributed by atoms with Crippen LogP contribution in [0.3, 0.4) is 0 Å². The van der Waals surface area contributed by atoms with E-state index in [9.17, 15) is 9.18 Å². The van der Waals surface area contributed by atoms with Crippen molar-refractivity contribution in [3.05, 3.63) is 30.1 Å². The lowest BCUT2D eigenvalue weighted by Crippen LogP contribution is -2.30. The maximum absolute atomic E-state index is 12.8. The minimum atomic E-state index is -0.397. The number of hydrogen-bond acceptors (Lipinski definition) is 2. The maximum atomic E-state index is 12.8. The van der Waals surface area contributed by atoms with Crippen LogP contribution >= 0.6 is 0 Å². The van der Waals surface area contributed by atoms with Crippen molar-refractivity contribution in [1.29, 1.82) is 0 Å². The van der Waals surface area contributed by atoms with Gasteiger partial charge in [-0.3, -0.25) is 4.79 Å². The third kappa shape index (κ3) is 1.99. The van der Waals surface area contributed by atoms with Crippen molar-refractivity contribution in [2.45, 2.75) is 12.8 Å². The highest BCUT2D eigenvalue weighted by Gasteiger charge is 2.48. The normalized spacial score (nSPS) is 17.2. The standard InChI is InChI=1S/C11H13FN2O/c12-8-2-1-3-9(6-8)14-10(15)11(7-13)4-5-11/h1-3,6H,4-5,7,13H2,(H,14,15). The zero-order chi connectivity index (χ0) is 10.9. The molecule has 1 amide bonds. The molecule has 0 heterocycles. The number of hydrogen-bond donors (Lipinski definition) is 2. The van der Waals surface area contributed by atoms with E-state index >= 15 is 0 Å². The summed E-state index contributed by atoms with van der Waals surface area (Å²) in [4.78, 5) is 11.7. The monoisotopic (exact) mass is 208 g/mol. The van der Waals surface area contributed by atoms with Gasteiger partial charge in [0.1, 0.15) is 5.82 Å². The van der Waals surface area contributed by atoms with Crippen molar-refractivity contribution in [2.24, 2.45) is 11.1 Å². The van der Waals surface area contributed by atoms with Crippen LogP contribution in [0.5, 0.6) is 0 Å². The number of benzene rings is 1. The molecule has 0 aromatic heterocycles. The van der Waals surface area contributed by atoms with Gasteiger partial charge < -0.3 is 11.1 Å². The van der Waals surface area contributed by atoms with Crippen LogP contribution in [0, 0.1) is 11.2 Å². The van der Waals surface area contributed by atoms with Gasteiger partial charge in [-0.1, -0.05) is 6.07 Å². The number of anilines is 1. The third-order valence-electron chi connectivity index (χ3n) is 2.81. The molecule has 1 saturated carbocycles. The number of rotatable bonds is 3.